The van der Waals surface area contributed by atoms with Gasteiger partial charge in [0, 0.05) is 40.8 Å². The van der Waals surface area contributed by atoms with E-state index in [0.29, 0.717) is 30.4 Å². The number of rotatable bonds is 11. The highest BCUT2D eigenvalue weighted by molar-refractivity contribution is 6.29. The first kappa shape index (κ1) is 39.0. The minimum absolute atomic E-state index is 0.0113. The SMILES string of the molecule is N[C@H]1NC(=O)[C@H]2NCN(c3ccccc3Cc3cc4c(c(OC[C@H](O)CC=O)c3O[C@H]3O[C@@H](C5(O)CCCC5)[C@H](O)[C@@H](O)[C@@H]3O)C(=O)c3ccccc3C4=O)[C@@H]2N1. The Hall–Kier alpha value is -4.82. The summed E-state index contributed by atoms with van der Waals surface area (Å²) in [5.41, 5.74) is 6.14. The number of hydrogen-bond acceptors (Lipinski definition) is 16. The van der Waals surface area contributed by atoms with Crippen LogP contribution < -0.4 is 36.1 Å². The fourth-order valence-corrected chi connectivity index (χ4v) is 8.65. The summed E-state index contributed by atoms with van der Waals surface area (Å²) in [6, 6.07) is 14.4. The van der Waals surface area contributed by atoms with E-state index in [1.54, 1.807) is 18.2 Å². The number of nitrogens with one attached hydrogen (secondary N) is 3. The standard InChI is InChI=1S/C40H45N5O12/c41-39-43-36-27(37(53)44-39)42-18-45(36)25-10-4-1-7-19(25)15-20-16-24-26(29(49)23-9-3-2-8-22(23)28(24)48)34(55-17-21(47)11-14-46)33(20)56-38-32(52)30(50)31(51)35(57-38)40(54)12-5-6-13-40/h1-4,7-10,14,16,21,27,30-32,35-36,38-39,42-43,47,50-52,54H,5-6,11-13,15,17-18,41H2,(H,44,53)/t21-,27+,30-,31-,32+,35-,36+,38+,39-/m1/s1. The van der Waals surface area contributed by atoms with Crippen LogP contribution in [0.1, 0.15) is 75.1 Å². The Kier molecular flexibility index (Phi) is 10.6. The van der Waals surface area contributed by atoms with Gasteiger partial charge in [-0.15, -0.1) is 0 Å². The Morgan fingerprint density at radius 2 is 1.63 bits per heavy atom. The van der Waals surface area contributed by atoms with E-state index in [0.717, 1.165) is 0 Å². The number of nitrogens with two attached hydrogens (primary N) is 1. The Bertz CT molecular complexity index is 2080. The zero-order valence-corrected chi connectivity index (χ0v) is 30.7. The van der Waals surface area contributed by atoms with Crippen molar-refractivity contribution < 1.29 is 58.9 Å². The molecule has 5 aliphatic rings. The summed E-state index contributed by atoms with van der Waals surface area (Å²) >= 11 is 0. The summed E-state index contributed by atoms with van der Waals surface area (Å²) in [6.07, 6.45) is -9.18. The molecule has 9 atom stereocenters. The van der Waals surface area contributed by atoms with Gasteiger partial charge in [0.25, 0.3) is 0 Å². The van der Waals surface area contributed by atoms with Crippen molar-refractivity contribution in [3.63, 3.8) is 0 Å². The molecule has 0 spiro atoms. The molecule has 302 valence electrons. The molecule has 0 unspecified atom stereocenters. The number of ketones is 2. The third kappa shape index (κ3) is 6.98. The molecule has 3 aromatic carbocycles. The number of carbonyl (C=O) groups is 4. The molecular formula is C40H45N5O12. The van der Waals surface area contributed by atoms with Gasteiger partial charge in [0.2, 0.25) is 12.2 Å². The maximum absolute atomic E-state index is 14.3. The van der Waals surface area contributed by atoms with Gasteiger partial charge in [0.1, 0.15) is 55.8 Å². The van der Waals surface area contributed by atoms with Crippen molar-refractivity contribution in [3.8, 4) is 11.5 Å². The molecule has 10 N–H and O–H groups in total. The highest BCUT2D eigenvalue weighted by Crippen LogP contribution is 2.46. The van der Waals surface area contributed by atoms with Crippen molar-refractivity contribution in [2.75, 3.05) is 18.2 Å². The van der Waals surface area contributed by atoms with Crippen LogP contribution in [0.2, 0.25) is 0 Å². The van der Waals surface area contributed by atoms with Crippen LogP contribution in [0.15, 0.2) is 54.6 Å². The van der Waals surface area contributed by atoms with Gasteiger partial charge in [-0.05, 0) is 30.5 Å². The second-order valence-electron chi connectivity index (χ2n) is 15.2. The molecular weight excluding hydrogens is 742 g/mol. The van der Waals surface area contributed by atoms with Crippen LogP contribution >= 0.6 is 0 Å². The largest absolute Gasteiger partial charge is 0.486 e. The number of aldehydes is 1. The first-order valence-corrected chi connectivity index (χ1v) is 19.0. The van der Waals surface area contributed by atoms with Crippen molar-refractivity contribution in [1.82, 2.24) is 16.0 Å². The predicted molar refractivity (Wildman–Crippen MR) is 199 cm³/mol. The number of nitrogens with zero attached hydrogens (tertiary/aromatic N) is 1. The molecule has 57 heavy (non-hydrogen) atoms. The lowest BCUT2D eigenvalue weighted by Gasteiger charge is -2.45. The van der Waals surface area contributed by atoms with Gasteiger partial charge < -0.3 is 54.8 Å². The molecule has 0 bridgehead atoms. The molecule has 0 aromatic heterocycles. The van der Waals surface area contributed by atoms with Crippen LogP contribution in [0.25, 0.3) is 0 Å². The summed E-state index contributed by atoms with van der Waals surface area (Å²) in [6.45, 7) is -0.259. The third-order valence-electron chi connectivity index (χ3n) is 11.5. The molecule has 1 saturated carbocycles. The zero-order valence-electron chi connectivity index (χ0n) is 30.7. The number of carbonyl (C=O) groups excluding carboxylic acids is 4. The number of aliphatic hydroxyl groups is 5. The summed E-state index contributed by atoms with van der Waals surface area (Å²) < 4.78 is 18.7. The molecule has 3 aromatic rings. The maximum atomic E-state index is 14.3. The van der Waals surface area contributed by atoms with Crippen molar-refractivity contribution in [3.05, 3.63) is 88.0 Å². The zero-order chi connectivity index (χ0) is 40.2. The lowest BCUT2D eigenvalue weighted by molar-refractivity contribution is -0.304. The van der Waals surface area contributed by atoms with Crippen LogP contribution in [0.4, 0.5) is 5.69 Å². The fraction of sp³-hybridized carbons (Fsp3) is 0.450. The molecule has 17 nitrogen and oxygen atoms in total. The normalized spacial score (nSPS) is 29.6. The van der Waals surface area contributed by atoms with E-state index in [1.165, 1.54) is 18.2 Å². The van der Waals surface area contributed by atoms with Gasteiger partial charge in [-0.1, -0.05) is 55.3 Å². The van der Waals surface area contributed by atoms with Gasteiger partial charge in [-0.3, -0.25) is 30.8 Å². The van der Waals surface area contributed by atoms with Crippen LogP contribution in [0.3, 0.4) is 0 Å². The van der Waals surface area contributed by atoms with E-state index in [1.807, 2.05) is 23.1 Å². The highest BCUT2D eigenvalue weighted by Gasteiger charge is 2.54. The second-order valence-corrected chi connectivity index (χ2v) is 15.2. The lowest BCUT2D eigenvalue weighted by atomic mass is 9.81. The van der Waals surface area contributed by atoms with Crippen molar-refractivity contribution >= 4 is 29.4 Å². The van der Waals surface area contributed by atoms with E-state index in [9.17, 15) is 44.7 Å². The number of amides is 1. The second kappa shape index (κ2) is 15.5. The van der Waals surface area contributed by atoms with Crippen molar-refractivity contribution in [2.45, 2.75) is 99.4 Å². The average Bonchev–Trinajstić information content (AvgIpc) is 3.84. The van der Waals surface area contributed by atoms with E-state index >= 15 is 0 Å². The van der Waals surface area contributed by atoms with Gasteiger partial charge in [-0.2, -0.15) is 0 Å². The maximum Gasteiger partial charge on any atom is 0.242 e. The topological polar surface area (TPSA) is 262 Å². The fourth-order valence-electron chi connectivity index (χ4n) is 8.65. The highest BCUT2D eigenvalue weighted by atomic mass is 16.7. The van der Waals surface area contributed by atoms with Gasteiger partial charge >= 0.3 is 0 Å². The first-order valence-electron chi connectivity index (χ1n) is 19.0. The Balaban J connectivity index is 1.27. The van der Waals surface area contributed by atoms with Gasteiger partial charge in [-0.25, -0.2) is 0 Å². The minimum atomic E-state index is -1.87. The van der Waals surface area contributed by atoms with E-state index in [-0.39, 0.29) is 77.6 Å². The molecule has 3 heterocycles. The lowest BCUT2D eigenvalue weighted by Crippen LogP contribution is -2.70. The van der Waals surface area contributed by atoms with Crippen molar-refractivity contribution in [1.29, 1.82) is 0 Å². The Labute approximate surface area is 326 Å². The summed E-state index contributed by atoms with van der Waals surface area (Å²) in [5, 5.41) is 64.6. The van der Waals surface area contributed by atoms with E-state index in [4.69, 9.17) is 19.9 Å². The van der Waals surface area contributed by atoms with E-state index in [2.05, 4.69) is 16.0 Å². The summed E-state index contributed by atoms with van der Waals surface area (Å²) in [5.74, 6) is -1.85. The molecule has 2 aliphatic carbocycles. The first-order chi connectivity index (χ1) is 27.4. The minimum Gasteiger partial charge on any atom is -0.486 e. The quantitative estimate of drug-likeness (QED) is 0.0817. The summed E-state index contributed by atoms with van der Waals surface area (Å²) in [7, 11) is 0. The molecule has 3 aliphatic heterocycles. The third-order valence-corrected chi connectivity index (χ3v) is 11.5. The number of hydrogen-bond donors (Lipinski definition) is 9. The Morgan fingerprint density at radius 3 is 2.37 bits per heavy atom. The average molecular weight is 788 g/mol. The van der Waals surface area contributed by atoms with Crippen LogP contribution in [-0.2, 0) is 20.7 Å². The van der Waals surface area contributed by atoms with Gasteiger partial charge in [0.05, 0.1) is 23.9 Å². The number of para-hydroxylation sites is 1. The van der Waals surface area contributed by atoms with Crippen LogP contribution in [0.5, 0.6) is 11.5 Å². The number of benzene rings is 3. The van der Waals surface area contributed by atoms with Crippen LogP contribution in [-0.4, -0.2) is 123 Å². The van der Waals surface area contributed by atoms with Gasteiger partial charge in [0.15, 0.2) is 23.1 Å². The molecule has 4 fully saturated rings. The molecule has 0 radical (unpaired) electrons. The molecule has 3 saturated heterocycles. The van der Waals surface area contributed by atoms with Crippen molar-refractivity contribution in [2.24, 2.45) is 5.73 Å². The number of fused-ring (bicyclic) bond motifs is 3. The Morgan fingerprint density at radius 1 is 0.930 bits per heavy atom. The smallest absolute Gasteiger partial charge is 0.242 e. The number of aliphatic hydroxyl groups excluding tert-OH is 4. The summed E-state index contributed by atoms with van der Waals surface area (Å²) in [4.78, 5) is 54.6. The molecule has 1 amide bonds. The molecule has 8 rings (SSSR count). The van der Waals surface area contributed by atoms with Crippen LogP contribution in [0, 0.1) is 0 Å². The predicted octanol–water partition coefficient (Wildman–Crippen LogP) is -1.10. The number of ether oxygens (including phenoxy) is 3. The van der Waals surface area contributed by atoms with E-state index < -0.39 is 79.1 Å². The number of anilines is 1. The monoisotopic (exact) mass is 787 g/mol. The molecule has 17 heteroatoms.